The second-order valence-electron chi connectivity index (χ2n) is 6.03. The molecule has 0 saturated carbocycles. The standard InChI is InChI=1S/C17H34N2OS/c1-3-5-7-9-12-19(13-10-8-6-4-2)17(20)16-15-21-14-11-18-16/h16,18H,3-15H2,1-2H3. The van der Waals surface area contributed by atoms with Crippen molar-refractivity contribution in [2.75, 3.05) is 31.1 Å². The number of hydrogen-bond donors (Lipinski definition) is 1. The lowest BCUT2D eigenvalue weighted by Gasteiger charge is -2.30. The third-order valence-electron chi connectivity index (χ3n) is 4.09. The fourth-order valence-corrected chi connectivity index (χ4v) is 3.66. The van der Waals surface area contributed by atoms with E-state index in [1.807, 2.05) is 11.8 Å². The van der Waals surface area contributed by atoms with Crippen molar-refractivity contribution in [3.05, 3.63) is 0 Å². The van der Waals surface area contributed by atoms with Crippen LogP contribution < -0.4 is 5.32 Å². The number of carbonyl (C=O) groups is 1. The Labute approximate surface area is 135 Å². The smallest absolute Gasteiger partial charge is 0.240 e. The number of nitrogens with one attached hydrogen (secondary N) is 1. The second kappa shape index (κ2) is 12.3. The van der Waals surface area contributed by atoms with Crippen LogP contribution in [0.4, 0.5) is 0 Å². The Balaban J connectivity index is 2.38. The minimum absolute atomic E-state index is 0.0566. The minimum atomic E-state index is 0.0566. The first-order chi connectivity index (χ1) is 10.3. The first-order valence-corrected chi connectivity index (χ1v) is 10.0. The zero-order valence-corrected chi connectivity index (χ0v) is 14.8. The number of nitrogens with zero attached hydrogens (tertiary/aromatic N) is 1. The third kappa shape index (κ3) is 8.10. The van der Waals surface area contributed by atoms with Crippen LogP contribution in [0.1, 0.15) is 65.2 Å². The van der Waals surface area contributed by atoms with Gasteiger partial charge < -0.3 is 10.2 Å². The van der Waals surface area contributed by atoms with Gasteiger partial charge in [0.15, 0.2) is 0 Å². The van der Waals surface area contributed by atoms with Gasteiger partial charge in [-0.2, -0.15) is 11.8 Å². The van der Waals surface area contributed by atoms with Crippen molar-refractivity contribution in [3.63, 3.8) is 0 Å². The van der Waals surface area contributed by atoms with E-state index in [4.69, 9.17) is 0 Å². The van der Waals surface area contributed by atoms with Crippen LogP contribution >= 0.6 is 11.8 Å². The van der Waals surface area contributed by atoms with Gasteiger partial charge in [-0.1, -0.05) is 52.4 Å². The quantitative estimate of drug-likeness (QED) is 0.590. The van der Waals surface area contributed by atoms with Gasteiger partial charge in [0.2, 0.25) is 5.91 Å². The van der Waals surface area contributed by atoms with Crippen LogP contribution in [0.15, 0.2) is 0 Å². The molecule has 1 rings (SSSR count). The van der Waals surface area contributed by atoms with Gasteiger partial charge >= 0.3 is 0 Å². The number of carbonyl (C=O) groups excluding carboxylic acids is 1. The van der Waals surface area contributed by atoms with E-state index in [0.29, 0.717) is 5.91 Å². The van der Waals surface area contributed by atoms with Gasteiger partial charge in [-0.05, 0) is 12.8 Å². The van der Waals surface area contributed by atoms with Crippen LogP contribution in [0, 0.1) is 0 Å². The first-order valence-electron chi connectivity index (χ1n) is 8.89. The largest absolute Gasteiger partial charge is 0.341 e. The van der Waals surface area contributed by atoms with Gasteiger partial charge in [-0.25, -0.2) is 0 Å². The van der Waals surface area contributed by atoms with Gasteiger partial charge in [-0.15, -0.1) is 0 Å². The zero-order valence-electron chi connectivity index (χ0n) is 14.0. The Kier molecular flexibility index (Phi) is 11.1. The molecule has 1 aliphatic rings. The molecule has 1 saturated heterocycles. The van der Waals surface area contributed by atoms with E-state index in [2.05, 4.69) is 24.1 Å². The zero-order chi connectivity index (χ0) is 15.3. The van der Waals surface area contributed by atoms with E-state index in [1.165, 1.54) is 38.5 Å². The van der Waals surface area contributed by atoms with Crippen molar-refractivity contribution < 1.29 is 4.79 Å². The molecule has 3 nitrogen and oxygen atoms in total. The summed E-state index contributed by atoms with van der Waals surface area (Å²) >= 11 is 1.90. The molecule has 1 atom stereocenters. The first kappa shape index (κ1) is 18.8. The average Bonchev–Trinajstić information content (AvgIpc) is 2.53. The van der Waals surface area contributed by atoms with Crippen LogP contribution in [-0.4, -0.2) is 48.0 Å². The number of hydrogen-bond acceptors (Lipinski definition) is 3. The predicted molar refractivity (Wildman–Crippen MR) is 94.0 cm³/mol. The van der Waals surface area contributed by atoms with Crippen molar-refractivity contribution in [1.29, 1.82) is 0 Å². The lowest BCUT2D eigenvalue weighted by Crippen LogP contribution is -2.51. The Morgan fingerprint density at radius 3 is 2.14 bits per heavy atom. The van der Waals surface area contributed by atoms with E-state index in [-0.39, 0.29) is 6.04 Å². The maximum atomic E-state index is 12.7. The van der Waals surface area contributed by atoms with Crippen LogP contribution in [0.25, 0.3) is 0 Å². The summed E-state index contributed by atoms with van der Waals surface area (Å²) in [6, 6.07) is 0.0566. The molecule has 1 aliphatic heterocycles. The van der Waals surface area contributed by atoms with Gasteiger partial charge in [-0.3, -0.25) is 4.79 Å². The SMILES string of the molecule is CCCCCCN(CCCCCC)C(=O)C1CSCCN1. The average molecular weight is 315 g/mol. The molecule has 4 heteroatoms. The van der Waals surface area contributed by atoms with E-state index < -0.39 is 0 Å². The highest BCUT2D eigenvalue weighted by atomic mass is 32.2. The maximum Gasteiger partial charge on any atom is 0.240 e. The van der Waals surface area contributed by atoms with Crippen LogP contribution in [0.3, 0.4) is 0 Å². The summed E-state index contributed by atoms with van der Waals surface area (Å²) in [6.45, 7) is 7.34. The topological polar surface area (TPSA) is 32.3 Å². The van der Waals surface area contributed by atoms with E-state index in [9.17, 15) is 4.79 Å². The van der Waals surface area contributed by atoms with Crippen molar-refractivity contribution in [2.24, 2.45) is 0 Å². The molecule has 0 spiro atoms. The van der Waals surface area contributed by atoms with Gasteiger partial charge in [0.1, 0.15) is 0 Å². The molecule has 0 aliphatic carbocycles. The molecule has 0 aromatic heterocycles. The van der Waals surface area contributed by atoms with E-state index in [1.54, 1.807) is 0 Å². The molecule has 1 heterocycles. The summed E-state index contributed by atoms with van der Waals surface area (Å²) in [5.41, 5.74) is 0. The molecular formula is C17H34N2OS. The summed E-state index contributed by atoms with van der Waals surface area (Å²) < 4.78 is 0. The van der Waals surface area contributed by atoms with E-state index >= 15 is 0 Å². The molecule has 1 N–H and O–H groups in total. The summed E-state index contributed by atoms with van der Waals surface area (Å²) in [5, 5.41) is 3.39. The lowest BCUT2D eigenvalue weighted by molar-refractivity contribution is -0.133. The molecule has 21 heavy (non-hydrogen) atoms. The monoisotopic (exact) mass is 314 g/mol. The molecule has 0 bridgehead atoms. The van der Waals surface area contributed by atoms with Gasteiger partial charge in [0, 0.05) is 31.1 Å². The second-order valence-corrected chi connectivity index (χ2v) is 7.18. The van der Waals surface area contributed by atoms with Crippen molar-refractivity contribution >= 4 is 17.7 Å². The normalized spacial score (nSPS) is 18.7. The minimum Gasteiger partial charge on any atom is -0.341 e. The van der Waals surface area contributed by atoms with Crippen LogP contribution in [0.2, 0.25) is 0 Å². The summed E-state index contributed by atoms with van der Waals surface area (Å²) in [5.74, 6) is 2.42. The molecule has 1 amide bonds. The summed E-state index contributed by atoms with van der Waals surface area (Å²) in [6.07, 6.45) is 9.91. The third-order valence-corrected chi connectivity index (χ3v) is 5.16. The Morgan fingerprint density at radius 2 is 1.67 bits per heavy atom. The predicted octanol–water partition coefficient (Wildman–Crippen LogP) is 3.68. The van der Waals surface area contributed by atoms with Crippen LogP contribution in [-0.2, 0) is 4.79 Å². The molecule has 1 unspecified atom stereocenters. The fraction of sp³-hybridized carbons (Fsp3) is 0.941. The van der Waals surface area contributed by atoms with Crippen LogP contribution in [0.5, 0.6) is 0 Å². The lowest BCUT2D eigenvalue weighted by atomic mass is 10.1. The van der Waals surface area contributed by atoms with E-state index in [0.717, 1.165) is 44.0 Å². The summed E-state index contributed by atoms with van der Waals surface area (Å²) in [4.78, 5) is 14.8. The molecule has 0 aromatic carbocycles. The number of thioether (sulfide) groups is 1. The van der Waals surface area contributed by atoms with Crippen molar-refractivity contribution in [1.82, 2.24) is 10.2 Å². The number of rotatable bonds is 11. The number of unbranched alkanes of at least 4 members (excludes halogenated alkanes) is 6. The maximum absolute atomic E-state index is 12.7. The Morgan fingerprint density at radius 1 is 1.05 bits per heavy atom. The molecule has 1 fully saturated rings. The Bertz CT molecular complexity index is 256. The highest BCUT2D eigenvalue weighted by Gasteiger charge is 2.25. The molecule has 0 radical (unpaired) electrons. The molecule has 124 valence electrons. The van der Waals surface area contributed by atoms with Crippen molar-refractivity contribution in [2.45, 2.75) is 71.3 Å². The molecular weight excluding hydrogens is 280 g/mol. The molecule has 0 aromatic rings. The van der Waals surface area contributed by atoms with Crippen molar-refractivity contribution in [3.8, 4) is 0 Å². The number of amides is 1. The Hall–Kier alpha value is -0.220. The van der Waals surface area contributed by atoms with Gasteiger partial charge in [0.25, 0.3) is 0 Å². The highest BCUT2D eigenvalue weighted by Crippen LogP contribution is 2.12. The summed E-state index contributed by atoms with van der Waals surface area (Å²) in [7, 11) is 0. The van der Waals surface area contributed by atoms with Gasteiger partial charge in [0.05, 0.1) is 6.04 Å². The fourth-order valence-electron chi connectivity index (χ4n) is 2.74. The highest BCUT2D eigenvalue weighted by molar-refractivity contribution is 7.99.